The Hall–Kier alpha value is -2.11. The zero-order valence-electron chi connectivity index (χ0n) is 16.7. The molecule has 0 bridgehead atoms. The topological polar surface area (TPSA) is 33.0 Å². The number of hydrogen-bond acceptors (Lipinski definition) is 2. The molecule has 1 unspecified atom stereocenters. The molecule has 3 rings (SSSR count). The fourth-order valence-electron chi connectivity index (χ4n) is 4.11. The van der Waals surface area contributed by atoms with Crippen LogP contribution in [0.3, 0.4) is 0 Å². The predicted molar refractivity (Wildman–Crippen MR) is 112 cm³/mol. The smallest absolute Gasteiger partial charge is 0.0991 e. The molecule has 0 aromatic heterocycles. The third-order valence-electron chi connectivity index (χ3n) is 5.79. The second kappa shape index (κ2) is 9.72. The Morgan fingerprint density at radius 2 is 1.56 bits per heavy atom. The third kappa shape index (κ3) is 5.44. The first-order valence-corrected chi connectivity index (χ1v) is 10.5. The summed E-state index contributed by atoms with van der Waals surface area (Å²) < 4.78 is 6.25. The molecule has 2 heteroatoms. The van der Waals surface area contributed by atoms with Crippen molar-refractivity contribution in [2.24, 2.45) is 0 Å². The maximum absolute atomic E-state index is 8.93. The number of ether oxygens (including phenoxy) is 1. The fourth-order valence-corrected chi connectivity index (χ4v) is 4.11. The van der Waals surface area contributed by atoms with Gasteiger partial charge in [-0.3, -0.25) is 0 Å². The minimum atomic E-state index is 0.401. The first-order valence-electron chi connectivity index (χ1n) is 10.5. The second-order valence-electron chi connectivity index (χ2n) is 7.87. The van der Waals surface area contributed by atoms with Gasteiger partial charge in [-0.05, 0) is 73.8 Å². The van der Waals surface area contributed by atoms with E-state index in [4.69, 9.17) is 10.00 Å². The van der Waals surface area contributed by atoms with Gasteiger partial charge in [0, 0.05) is 0 Å². The molecule has 0 aliphatic heterocycles. The molecule has 142 valence electrons. The van der Waals surface area contributed by atoms with Gasteiger partial charge in [-0.2, -0.15) is 5.26 Å². The predicted octanol–water partition coefficient (Wildman–Crippen LogP) is 6.85. The number of rotatable bonds is 7. The summed E-state index contributed by atoms with van der Waals surface area (Å²) in [5, 5.41) is 8.93. The molecule has 2 nitrogen and oxygen atoms in total. The molecule has 0 spiro atoms. The van der Waals surface area contributed by atoms with Crippen LogP contribution in [0.5, 0.6) is 0 Å². The molecule has 0 N–H and O–H groups in total. The van der Waals surface area contributed by atoms with Crippen molar-refractivity contribution in [3.05, 3.63) is 59.7 Å². The van der Waals surface area contributed by atoms with E-state index in [1.54, 1.807) is 0 Å². The van der Waals surface area contributed by atoms with Gasteiger partial charge in [0.25, 0.3) is 0 Å². The van der Waals surface area contributed by atoms with Gasteiger partial charge in [-0.15, -0.1) is 0 Å². The minimum Gasteiger partial charge on any atom is -0.375 e. The van der Waals surface area contributed by atoms with Gasteiger partial charge in [0.1, 0.15) is 0 Å². The molecule has 1 fully saturated rings. The number of nitrogens with zero attached hydrogens (tertiary/aromatic N) is 1. The van der Waals surface area contributed by atoms with Crippen LogP contribution in [0.2, 0.25) is 0 Å². The monoisotopic (exact) mass is 361 g/mol. The van der Waals surface area contributed by atoms with Gasteiger partial charge in [-0.25, -0.2) is 0 Å². The van der Waals surface area contributed by atoms with Crippen molar-refractivity contribution in [3.63, 3.8) is 0 Å². The van der Waals surface area contributed by atoms with Crippen LogP contribution >= 0.6 is 0 Å². The van der Waals surface area contributed by atoms with Crippen LogP contribution in [0.25, 0.3) is 11.1 Å². The molecule has 27 heavy (non-hydrogen) atoms. The average molecular weight is 362 g/mol. The van der Waals surface area contributed by atoms with Crippen molar-refractivity contribution in [2.45, 2.75) is 76.9 Å². The summed E-state index contributed by atoms with van der Waals surface area (Å²) in [6.45, 7) is 4.47. The van der Waals surface area contributed by atoms with E-state index < -0.39 is 0 Å². The van der Waals surface area contributed by atoms with Crippen LogP contribution < -0.4 is 0 Å². The number of hydrogen-bond donors (Lipinski definition) is 0. The lowest BCUT2D eigenvalue weighted by Gasteiger charge is -2.31. The maximum Gasteiger partial charge on any atom is 0.0991 e. The zero-order valence-corrected chi connectivity index (χ0v) is 16.7. The van der Waals surface area contributed by atoms with Crippen molar-refractivity contribution in [2.75, 3.05) is 0 Å². The molecular weight excluding hydrogens is 330 g/mol. The van der Waals surface area contributed by atoms with Crippen molar-refractivity contribution in [1.29, 1.82) is 5.26 Å². The van der Waals surface area contributed by atoms with Crippen molar-refractivity contribution < 1.29 is 4.74 Å². The first kappa shape index (κ1) is 19.6. The number of nitriles is 1. The highest BCUT2D eigenvalue weighted by molar-refractivity contribution is 5.64. The SMILES string of the molecule is CCCCC(C)OC1CCC(c2ccc(-c3ccc(C#N)cc3)cc2)CC1. The average Bonchev–Trinajstić information content (AvgIpc) is 2.73. The summed E-state index contributed by atoms with van der Waals surface area (Å²) in [5.74, 6) is 0.658. The fraction of sp³-hybridized carbons (Fsp3) is 0.480. The number of unbranched alkanes of at least 4 members (excludes halogenated alkanes) is 1. The van der Waals surface area contributed by atoms with Crippen LogP contribution in [-0.4, -0.2) is 12.2 Å². The van der Waals surface area contributed by atoms with Gasteiger partial charge in [0.05, 0.1) is 23.8 Å². The standard InChI is InChI=1S/C25H31NO/c1-3-4-5-19(2)27-25-16-14-24(15-17-25)23-12-10-22(11-13-23)21-8-6-20(18-26)7-9-21/h6-13,19,24-25H,3-5,14-17H2,1-2H3. The molecule has 1 aliphatic carbocycles. The Kier molecular flexibility index (Phi) is 7.07. The Morgan fingerprint density at radius 1 is 0.963 bits per heavy atom. The van der Waals surface area contributed by atoms with Gasteiger partial charge in [0.2, 0.25) is 0 Å². The molecular formula is C25H31NO. The second-order valence-corrected chi connectivity index (χ2v) is 7.87. The van der Waals surface area contributed by atoms with Crippen LogP contribution in [0.4, 0.5) is 0 Å². The summed E-state index contributed by atoms with van der Waals surface area (Å²) in [5.41, 5.74) is 4.53. The lowest BCUT2D eigenvalue weighted by Crippen LogP contribution is -2.25. The Balaban J connectivity index is 1.53. The Labute approximate surface area is 164 Å². The van der Waals surface area contributed by atoms with E-state index in [0.29, 0.717) is 23.7 Å². The molecule has 1 saturated carbocycles. The molecule has 0 saturated heterocycles. The largest absolute Gasteiger partial charge is 0.375 e. The highest BCUT2D eigenvalue weighted by Crippen LogP contribution is 2.35. The van der Waals surface area contributed by atoms with E-state index in [0.717, 1.165) is 0 Å². The Bertz CT molecular complexity index is 733. The van der Waals surface area contributed by atoms with Crippen LogP contribution in [-0.2, 0) is 4.74 Å². The molecule has 0 amide bonds. The summed E-state index contributed by atoms with van der Waals surface area (Å²) >= 11 is 0. The molecule has 1 aliphatic rings. The normalized spacial score (nSPS) is 20.8. The van der Waals surface area contributed by atoms with E-state index in [2.05, 4.69) is 44.2 Å². The quantitative estimate of drug-likeness (QED) is 0.540. The zero-order chi connectivity index (χ0) is 19.1. The van der Waals surface area contributed by atoms with Crippen molar-refractivity contribution in [1.82, 2.24) is 0 Å². The van der Waals surface area contributed by atoms with Gasteiger partial charge < -0.3 is 4.74 Å². The Morgan fingerprint density at radius 3 is 2.11 bits per heavy atom. The molecule has 0 radical (unpaired) electrons. The van der Waals surface area contributed by atoms with Crippen LogP contribution in [0, 0.1) is 11.3 Å². The lowest BCUT2D eigenvalue weighted by atomic mass is 9.82. The maximum atomic E-state index is 8.93. The minimum absolute atomic E-state index is 0.401. The highest BCUT2D eigenvalue weighted by atomic mass is 16.5. The highest BCUT2D eigenvalue weighted by Gasteiger charge is 2.24. The molecule has 2 aromatic rings. The van der Waals surface area contributed by atoms with Crippen LogP contribution in [0.1, 0.15) is 75.8 Å². The molecule has 2 aromatic carbocycles. The lowest BCUT2D eigenvalue weighted by molar-refractivity contribution is -0.0275. The first-order chi connectivity index (χ1) is 13.2. The van der Waals surface area contributed by atoms with Crippen molar-refractivity contribution >= 4 is 0 Å². The van der Waals surface area contributed by atoms with E-state index in [1.807, 2.05) is 24.3 Å². The summed E-state index contributed by atoms with van der Waals surface area (Å²) in [6, 6.07) is 19.0. The molecule has 1 atom stereocenters. The third-order valence-corrected chi connectivity index (χ3v) is 5.79. The summed E-state index contributed by atoms with van der Waals surface area (Å²) in [7, 11) is 0. The summed E-state index contributed by atoms with van der Waals surface area (Å²) in [6.07, 6.45) is 9.36. The number of benzene rings is 2. The summed E-state index contributed by atoms with van der Waals surface area (Å²) in [4.78, 5) is 0. The van der Waals surface area contributed by atoms with Crippen LogP contribution in [0.15, 0.2) is 48.5 Å². The van der Waals surface area contributed by atoms with Crippen molar-refractivity contribution in [3.8, 4) is 17.2 Å². The molecule has 0 heterocycles. The van der Waals surface area contributed by atoms with E-state index >= 15 is 0 Å². The van der Waals surface area contributed by atoms with E-state index in [1.165, 1.54) is 61.6 Å². The van der Waals surface area contributed by atoms with E-state index in [-0.39, 0.29) is 0 Å². The van der Waals surface area contributed by atoms with Gasteiger partial charge >= 0.3 is 0 Å². The van der Waals surface area contributed by atoms with E-state index in [9.17, 15) is 0 Å². The van der Waals surface area contributed by atoms with Gasteiger partial charge in [0.15, 0.2) is 0 Å². The van der Waals surface area contributed by atoms with Gasteiger partial charge in [-0.1, -0.05) is 56.2 Å².